The van der Waals surface area contributed by atoms with Crippen molar-refractivity contribution in [2.45, 2.75) is 19.8 Å². The molecule has 2 aliphatic heterocycles. The van der Waals surface area contributed by atoms with Gasteiger partial charge in [-0.2, -0.15) is 0 Å². The van der Waals surface area contributed by atoms with Gasteiger partial charge in [-0.05, 0) is 64.2 Å². The van der Waals surface area contributed by atoms with Gasteiger partial charge < -0.3 is 15.2 Å². The van der Waals surface area contributed by atoms with Crippen LogP contribution in [-0.2, 0) is 11.2 Å². The zero-order chi connectivity index (χ0) is 20.1. The van der Waals surface area contributed by atoms with E-state index in [-0.39, 0.29) is 12.2 Å². The van der Waals surface area contributed by atoms with Crippen LogP contribution in [0.15, 0.2) is 42.5 Å². The van der Waals surface area contributed by atoms with Crippen molar-refractivity contribution in [3.63, 3.8) is 0 Å². The number of rotatable bonds is 3. The average Bonchev–Trinajstić information content (AvgIpc) is 2.70. The first-order valence-corrected chi connectivity index (χ1v) is 9.70. The molecular weight excluding hydrogens is 369 g/mol. The van der Waals surface area contributed by atoms with Crippen LogP contribution < -0.4 is 10.1 Å². The first-order chi connectivity index (χ1) is 14.0. The fourth-order valence-electron chi connectivity index (χ4n) is 4.53. The van der Waals surface area contributed by atoms with Crippen molar-refractivity contribution in [2.24, 2.45) is 0 Å². The third-order valence-electron chi connectivity index (χ3n) is 5.78. The largest absolute Gasteiger partial charge is 0.493 e. The lowest BCUT2D eigenvalue weighted by Crippen LogP contribution is -2.17. The van der Waals surface area contributed by atoms with Crippen LogP contribution in [0.3, 0.4) is 0 Å². The van der Waals surface area contributed by atoms with Gasteiger partial charge in [0.15, 0.2) is 0 Å². The van der Waals surface area contributed by atoms with Gasteiger partial charge in [0.1, 0.15) is 11.6 Å². The van der Waals surface area contributed by atoms with Crippen molar-refractivity contribution in [1.82, 2.24) is 0 Å². The molecule has 0 fully saturated rings. The maximum Gasteiger partial charge on any atom is 0.307 e. The van der Waals surface area contributed by atoms with Gasteiger partial charge in [0, 0.05) is 24.1 Å². The molecule has 29 heavy (non-hydrogen) atoms. The van der Waals surface area contributed by atoms with Crippen LogP contribution in [0.1, 0.15) is 23.1 Å². The minimum absolute atomic E-state index is 0.122. The lowest BCUT2D eigenvalue weighted by molar-refractivity contribution is -0.136. The van der Waals surface area contributed by atoms with Crippen molar-refractivity contribution in [1.29, 1.82) is 0 Å². The number of hydrogen-bond donors (Lipinski definition) is 2. The van der Waals surface area contributed by atoms with Gasteiger partial charge >= 0.3 is 5.97 Å². The second-order valence-corrected chi connectivity index (χ2v) is 7.55. The molecule has 3 aromatic rings. The van der Waals surface area contributed by atoms with Crippen LogP contribution >= 0.6 is 0 Å². The van der Waals surface area contributed by atoms with Crippen molar-refractivity contribution < 1.29 is 19.0 Å². The summed E-state index contributed by atoms with van der Waals surface area (Å²) in [5.41, 5.74) is 6.46. The minimum atomic E-state index is -0.909. The van der Waals surface area contributed by atoms with Crippen LogP contribution in [0, 0.1) is 12.7 Å². The summed E-state index contributed by atoms with van der Waals surface area (Å²) in [4.78, 5) is 11.6. The molecule has 0 bridgehead atoms. The number of anilines is 1. The number of carbonyl (C=O) groups is 1. The van der Waals surface area contributed by atoms with E-state index in [4.69, 9.17) is 4.74 Å². The molecule has 2 N–H and O–H groups in total. The minimum Gasteiger partial charge on any atom is -0.493 e. The quantitative estimate of drug-likeness (QED) is 0.649. The smallest absolute Gasteiger partial charge is 0.307 e. The highest BCUT2D eigenvalue weighted by Crippen LogP contribution is 2.48. The Balaban J connectivity index is 1.88. The summed E-state index contributed by atoms with van der Waals surface area (Å²) in [5.74, 6) is -0.419. The molecule has 0 radical (unpaired) electrons. The van der Waals surface area contributed by atoms with E-state index in [0.717, 1.165) is 50.9 Å². The Bertz CT molecular complexity index is 1210. The Morgan fingerprint density at radius 3 is 2.90 bits per heavy atom. The molecule has 0 aliphatic carbocycles. The van der Waals surface area contributed by atoms with Crippen LogP contribution in [0.4, 0.5) is 10.1 Å². The summed E-state index contributed by atoms with van der Waals surface area (Å²) in [6.07, 6.45) is 2.89. The monoisotopic (exact) mass is 389 g/mol. The molecule has 146 valence electrons. The predicted octanol–water partition coefficient (Wildman–Crippen LogP) is 5.17. The van der Waals surface area contributed by atoms with Crippen LogP contribution in [-0.4, -0.2) is 24.2 Å². The van der Waals surface area contributed by atoms with E-state index >= 15 is 0 Å². The third kappa shape index (κ3) is 2.85. The lowest BCUT2D eigenvalue weighted by atomic mass is 9.84. The molecule has 5 rings (SSSR count). The number of fused-ring (bicyclic) bond motifs is 1. The van der Waals surface area contributed by atoms with E-state index < -0.39 is 5.97 Å². The molecule has 0 saturated carbocycles. The molecule has 0 aromatic heterocycles. The zero-order valence-electron chi connectivity index (χ0n) is 16.0. The van der Waals surface area contributed by atoms with Crippen molar-refractivity contribution >= 4 is 28.0 Å². The van der Waals surface area contributed by atoms with E-state index in [2.05, 4.69) is 11.4 Å². The first kappa shape index (κ1) is 17.7. The Hall–Kier alpha value is -3.34. The zero-order valence-corrected chi connectivity index (χ0v) is 16.0. The Labute approximate surface area is 167 Å². The molecule has 2 heterocycles. The molecular formula is C24H20FNO3. The molecule has 0 atom stereocenters. The van der Waals surface area contributed by atoms with E-state index in [0.29, 0.717) is 18.7 Å². The molecule has 0 unspecified atom stereocenters. The Kier molecular flexibility index (Phi) is 4.05. The summed E-state index contributed by atoms with van der Waals surface area (Å²) in [7, 11) is 0. The summed E-state index contributed by atoms with van der Waals surface area (Å²) < 4.78 is 20.0. The summed E-state index contributed by atoms with van der Waals surface area (Å²) in [6.45, 7) is 3.27. The maximum absolute atomic E-state index is 14.2. The summed E-state index contributed by atoms with van der Waals surface area (Å²) in [5, 5.41) is 14.6. The number of carboxylic acids is 1. The fourth-order valence-corrected chi connectivity index (χ4v) is 4.53. The van der Waals surface area contributed by atoms with E-state index in [1.54, 1.807) is 6.07 Å². The molecule has 0 amide bonds. The molecule has 4 nitrogen and oxygen atoms in total. The van der Waals surface area contributed by atoms with E-state index in [1.807, 2.05) is 25.1 Å². The van der Waals surface area contributed by atoms with Crippen LogP contribution in [0.5, 0.6) is 5.75 Å². The number of aryl methyl sites for hydroxylation is 1. The number of ether oxygens (including phenoxy) is 1. The highest BCUT2D eigenvalue weighted by molar-refractivity contribution is 6.05. The molecule has 0 spiro atoms. The summed E-state index contributed by atoms with van der Waals surface area (Å²) in [6, 6.07) is 10.5. The number of hydrogen-bond acceptors (Lipinski definition) is 3. The second kappa shape index (κ2) is 6.62. The molecule has 5 heteroatoms. The maximum atomic E-state index is 14.2. The van der Waals surface area contributed by atoms with Gasteiger partial charge in [0.25, 0.3) is 0 Å². The van der Waals surface area contributed by atoms with Crippen molar-refractivity contribution in [2.75, 3.05) is 18.5 Å². The molecule has 3 aromatic carbocycles. The average molecular weight is 389 g/mol. The number of aliphatic carboxylic acids is 1. The van der Waals surface area contributed by atoms with Crippen LogP contribution in [0.25, 0.3) is 27.5 Å². The standard InChI is InChI=1S/C24H20FNO3/c1-13-10-15-2-3-16(25)11-19(15)23(18(13)12-21(27)28)17-4-5-20-22-14(7-9-29-20)6-8-26-24(17)22/h2-6,10-11,26H,7-9,12H2,1H3,(H,27,28). The van der Waals surface area contributed by atoms with Gasteiger partial charge in [0.2, 0.25) is 0 Å². The number of benzene rings is 3. The van der Waals surface area contributed by atoms with Crippen molar-refractivity contribution in [3.8, 4) is 16.9 Å². The van der Waals surface area contributed by atoms with E-state index in [1.165, 1.54) is 17.7 Å². The van der Waals surface area contributed by atoms with Crippen molar-refractivity contribution in [3.05, 3.63) is 65.0 Å². The molecule has 2 aliphatic rings. The second-order valence-electron chi connectivity index (χ2n) is 7.55. The SMILES string of the molecule is Cc1cc2ccc(F)cc2c(-c2ccc3c4c2NCC=C4CCO3)c1CC(=O)O. The summed E-state index contributed by atoms with van der Waals surface area (Å²) >= 11 is 0. The van der Waals surface area contributed by atoms with Crippen LogP contribution in [0.2, 0.25) is 0 Å². The van der Waals surface area contributed by atoms with E-state index in [9.17, 15) is 14.3 Å². The number of nitrogens with one attached hydrogen (secondary N) is 1. The van der Waals surface area contributed by atoms with Gasteiger partial charge in [-0.1, -0.05) is 18.2 Å². The van der Waals surface area contributed by atoms with Gasteiger partial charge in [0.05, 0.1) is 18.7 Å². The van der Waals surface area contributed by atoms with Gasteiger partial charge in [-0.15, -0.1) is 0 Å². The normalized spacial score (nSPS) is 14.6. The first-order valence-electron chi connectivity index (χ1n) is 9.70. The molecule has 0 saturated heterocycles. The predicted molar refractivity (Wildman–Crippen MR) is 112 cm³/mol. The number of halogens is 1. The Morgan fingerprint density at radius 2 is 2.07 bits per heavy atom. The lowest BCUT2D eigenvalue weighted by Gasteiger charge is -2.29. The fraction of sp³-hybridized carbons (Fsp3) is 0.208. The van der Waals surface area contributed by atoms with Gasteiger partial charge in [-0.3, -0.25) is 4.79 Å². The highest BCUT2D eigenvalue weighted by Gasteiger charge is 2.27. The van der Waals surface area contributed by atoms with Gasteiger partial charge in [-0.25, -0.2) is 4.39 Å². The highest BCUT2D eigenvalue weighted by atomic mass is 19.1. The third-order valence-corrected chi connectivity index (χ3v) is 5.78. The number of carboxylic acid groups (broad SMARTS) is 1. The Morgan fingerprint density at radius 1 is 1.21 bits per heavy atom. The topological polar surface area (TPSA) is 58.6 Å².